The second-order valence-corrected chi connectivity index (χ2v) is 6.09. The van der Waals surface area contributed by atoms with E-state index in [4.69, 9.17) is 4.98 Å². The summed E-state index contributed by atoms with van der Waals surface area (Å²) >= 11 is 0. The largest absolute Gasteiger partial charge is 0.248 e. The fraction of sp³-hybridized carbons (Fsp3) is 0. The van der Waals surface area contributed by atoms with Gasteiger partial charge in [0, 0.05) is 16.3 Å². The Morgan fingerprint density at radius 1 is 0.520 bits per heavy atom. The Morgan fingerprint density at radius 2 is 1.16 bits per heavy atom. The molecular formula is C23H16ClN. The zero-order valence-corrected chi connectivity index (χ0v) is 14.3. The Hall–Kier alpha value is -2.90. The van der Waals surface area contributed by atoms with E-state index in [1.54, 1.807) is 0 Å². The first-order valence-corrected chi connectivity index (χ1v) is 8.17. The first-order chi connectivity index (χ1) is 11.9. The van der Waals surface area contributed by atoms with Gasteiger partial charge in [0.1, 0.15) is 0 Å². The van der Waals surface area contributed by atoms with E-state index in [1.807, 2.05) is 0 Å². The van der Waals surface area contributed by atoms with Crippen LogP contribution in [0.2, 0.25) is 0 Å². The van der Waals surface area contributed by atoms with E-state index in [1.165, 1.54) is 32.7 Å². The third-order valence-corrected chi connectivity index (χ3v) is 4.61. The maximum atomic E-state index is 4.91. The van der Waals surface area contributed by atoms with Gasteiger partial charge in [0.2, 0.25) is 0 Å². The number of hydrogen-bond donors (Lipinski definition) is 0. The molecule has 0 fully saturated rings. The van der Waals surface area contributed by atoms with E-state index in [-0.39, 0.29) is 12.4 Å². The first kappa shape index (κ1) is 15.6. The van der Waals surface area contributed by atoms with Crippen LogP contribution in [-0.4, -0.2) is 4.98 Å². The lowest BCUT2D eigenvalue weighted by Crippen LogP contribution is -1.89. The number of para-hydroxylation sites is 1. The van der Waals surface area contributed by atoms with Gasteiger partial charge in [-0.2, -0.15) is 0 Å². The van der Waals surface area contributed by atoms with Crippen molar-refractivity contribution in [3.05, 3.63) is 91.0 Å². The zero-order chi connectivity index (χ0) is 15.9. The standard InChI is InChI=1S/C23H15N.ClH/c1-2-8-16(9-3-1)23-19-12-6-7-13-21(19)24-22-15-18-11-5-4-10-17(18)14-20(22)23;/h1-15H;1H. The Balaban J connectivity index is 0.00000157. The summed E-state index contributed by atoms with van der Waals surface area (Å²) in [6.07, 6.45) is 0. The summed E-state index contributed by atoms with van der Waals surface area (Å²) in [7, 11) is 0. The van der Waals surface area contributed by atoms with Gasteiger partial charge in [-0.05, 0) is 34.5 Å². The number of aromatic nitrogens is 1. The lowest BCUT2D eigenvalue weighted by molar-refractivity contribution is 1.50. The minimum Gasteiger partial charge on any atom is -0.248 e. The smallest absolute Gasteiger partial charge is 0.0722 e. The topological polar surface area (TPSA) is 12.9 Å². The number of hydrogen-bond acceptors (Lipinski definition) is 1. The minimum absolute atomic E-state index is 0. The average molecular weight is 342 g/mol. The molecule has 0 radical (unpaired) electrons. The van der Waals surface area contributed by atoms with E-state index in [0.717, 1.165) is 11.0 Å². The Morgan fingerprint density at radius 3 is 1.96 bits per heavy atom. The molecular weight excluding hydrogens is 326 g/mol. The number of fused-ring (bicyclic) bond motifs is 3. The van der Waals surface area contributed by atoms with Gasteiger partial charge in [-0.15, -0.1) is 12.4 Å². The molecule has 120 valence electrons. The van der Waals surface area contributed by atoms with Gasteiger partial charge >= 0.3 is 0 Å². The molecule has 5 aromatic rings. The summed E-state index contributed by atoms with van der Waals surface area (Å²) in [5.41, 5.74) is 4.59. The number of benzene rings is 4. The van der Waals surface area contributed by atoms with Crippen LogP contribution in [0.1, 0.15) is 0 Å². The van der Waals surface area contributed by atoms with Crippen molar-refractivity contribution in [3.63, 3.8) is 0 Å². The summed E-state index contributed by atoms with van der Waals surface area (Å²) in [6.45, 7) is 0. The quantitative estimate of drug-likeness (QED) is 0.312. The second kappa shape index (κ2) is 6.19. The molecule has 25 heavy (non-hydrogen) atoms. The van der Waals surface area contributed by atoms with Crippen molar-refractivity contribution in [2.45, 2.75) is 0 Å². The van der Waals surface area contributed by atoms with E-state index in [0.29, 0.717) is 0 Å². The fourth-order valence-corrected chi connectivity index (χ4v) is 3.49. The van der Waals surface area contributed by atoms with Crippen LogP contribution < -0.4 is 0 Å². The van der Waals surface area contributed by atoms with Crippen LogP contribution in [0.3, 0.4) is 0 Å². The highest BCUT2D eigenvalue weighted by Gasteiger charge is 2.11. The molecule has 0 bridgehead atoms. The number of halogens is 1. The molecule has 0 aliphatic heterocycles. The van der Waals surface area contributed by atoms with E-state index < -0.39 is 0 Å². The molecule has 0 saturated heterocycles. The van der Waals surface area contributed by atoms with Gasteiger partial charge in [0.05, 0.1) is 11.0 Å². The summed E-state index contributed by atoms with van der Waals surface area (Å²) in [4.78, 5) is 4.91. The molecule has 5 rings (SSSR count). The summed E-state index contributed by atoms with van der Waals surface area (Å²) < 4.78 is 0. The number of rotatable bonds is 1. The third kappa shape index (κ3) is 2.54. The van der Waals surface area contributed by atoms with Crippen LogP contribution in [0.5, 0.6) is 0 Å². The molecule has 2 heteroatoms. The number of pyridine rings is 1. The number of nitrogens with zero attached hydrogens (tertiary/aromatic N) is 1. The SMILES string of the molecule is Cl.c1ccc(-c2c3ccccc3nc3cc4ccccc4cc23)cc1. The Labute approximate surface area is 152 Å². The fourth-order valence-electron chi connectivity index (χ4n) is 3.49. The van der Waals surface area contributed by atoms with Crippen molar-refractivity contribution in [2.24, 2.45) is 0 Å². The van der Waals surface area contributed by atoms with Crippen LogP contribution in [0.15, 0.2) is 91.0 Å². The van der Waals surface area contributed by atoms with Crippen LogP contribution in [0.25, 0.3) is 43.7 Å². The van der Waals surface area contributed by atoms with Crippen molar-refractivity contribution >= 4 is 45.0 Å². The molecule has 0 spiro atoms. The Kier molecular flexibility index (Phi) is 3.87. The highest BCUT2D eigenvalue weighted by molar-refractivity contribution is 6.12. The van der Waals surface area contributed by atoms with E-state index in [9.17, 15) is 0 Å². The van der Waals surface area contributed by atoms with Gasteiger partial charge in [-0.1, -0.05) is 72.8 Å². The summed E-state index contributed by atoms with van der Waals surface area (Å²) in [5, 5.41) is 4.89. The minimum atomic E-state index is 0. The van der Waals surface area contributed by atoms with Crippen molar-refractivity contribution in [1.29, 1.82) is 0 Å². The molecule has 4 aromatic carbocycles. The Bertz CT molecular complexity index is 1190. The molecule has 1 aromatic heterocycles. The van der Waals surface area contributed by atoms with Gasteiger partial charge in [-0.3, -0.25) is 0 Å². The monoisotopic (exact) mass is 341 g/mol. The predicted octanol–water partition coefficient (Wildman–Crippen LogP) is 6.63. The molecule has 0 N–H and O–H groups in total. The van der Waals surface area contributed by atoms with Crippen LogP contribution in [0, 0.1) is 0 Å². The van der Waals surface area contributed by atoms with Crippen molar-refractivity contribution in [3.8, 4) is 11.1 Å². The first-order valence-electron chi connectivity index (χ1n) is 8.17. The molecule has 0 saturated carbocycles. The van der Waals surface area contributed by atoms with Crippen molar-refractivity contribution in [1.82, 2.24) is 4.98 Å². The highest BCUT2D eigenvalue weighted by Crippen LogP contribution is 2.36. The highest BCUT2D eigenvalue weighted by atomic mass is 35.5. The molecule has 0 aliphatic carbocycles. The molecule has 1 heterocycles. The lowest BCUT2D eigenvalue weighted by Gasteiger charge is -2.12. The average Bonchev–Trinajstić information content (AvgIpc) is 2.65. The van der Waals surface area contributed by atoms with Crippen molar-refractivity contribution < 1.29 is 0 Å². The molecule has 1 nitrogen and oxygen atoms in total. The lowest BCUT2D eigenvalue weighted by atomic mass is 9.94. The second-order valence-electron chi connectivity index (χ2n) is 6.09. The van der Waals surface area contributed by atoms with Crippen LogP contribution in [-0.2, 0) is 0 Å². The summed E-state index contributed by atoms with van der Waals surface area (Å²) in [6, 6.07) is 31.9. The van der Waals surface area contributed by atoms with E-state index >= 15 is 0 Å². The van der Waals surface area contributed by atoms with Gasteiger partial charge in [0.25, 0.3) is 0 Å². The summed E-state index contributed by atoms with van der Waals surface area (Å²) in [5.74, 6) is 0. The predicted molar refractivity (Wildman–Crippen MR) is 109 cm³/mol. The normalized spacial score (nSPS) is 10.9. The van der Waals surface area contributed by atoms with Gasteiger partial charge in [-0.25, -0.2) is 4.98 Å². The molecule has 0 aliphatic rings. The van der Waals surface area contributed by atoms with Crippen LogP contribution >= 0.6 is 12.4 Å². The third-order valence-electron chi connectivity index (χ3n) is 4.61. The van der Waals surface area contributed by atoms with Crippen molar-refractivity contribution in [2.75, 3.05) is 0 Å². The maximum Gasteiger partial charge on any atom is 0.0722 e. The van der Waals surface area contributed by atoms with Crippen LogP contribution in [0.4, 0.5) is 0 Å². The molecule has 0 unspecified atom stereocenters. The molecule has 0 atom stereocenters. The van der Waals surface area contributed by atoms with Gasteiger partial charge < -0.3 is 0 Å². The van der Waals surface area contributed by atoms with Gasteiger partial charge in [0.15, 0.2) is 0 Å². The zero-order valence-electron chi connectivity index (χ0n) is 13.5. The van der Waals surface area contributed by atoms with E-state index in [2.05, 4.69) is 91.0 Å². The molecule has 0 amide bonds. The maximum absolute atomic E-state index is 4.91.